The molecule has 1 aromatic carbocycles. The number of sulfonamides is 1. The van der Waals surface area contributed by atoms with Crippen molar-refractivity contribution in [2.24, 2.45) is 5.14 Å². The zero-order valence-electron chi connectivity index (χ0n) is 9.28. The Kier molecular flexibility index (Phi) is 3.69. The quantitative estimate of drug-likeness (QED) is 0.641. The van der Waals surface area contributed by atoms with E-state index in [9.17, 15) is 18.5 Å². The highest BCUT2D eigenvalue weighted by atomic mass is 32.2. The van der Waals surface area contributed by atoms with Crippen LogP contribution >= 0.6 is 0 Å². The van der Waals surface area contributed by atoms with Gasteiger partial charge in [0.2, 0.25) is 10.0 Å². The molecule has 0 spiro atoms. The predicted octanol–water partition coefficient (Wildman–Crippen LogP) is 1.03. The summed E-state index contributed by atoms with van der Waals surface area (Å²) in [7, 11) is -4.00. The van der Waals surface area contributed by atoms with Crippen LogP contribution in [0.25, 0.3) is 0 Å². The van der Waals surface area contributed by atoms with Crippen LogP contribution in [-0.4, -0.2) is 19.4 Å². The number of benzene rings is 1. The van der Waals surface area contributed by atoms with E-state index in [1.54, 1.807) is 13.8 Å². The Morgan fingerprint density at radius 1 is 1.35 bits per heavy atom. The highest BCUT2D eigenvalue weighted by Gasteiger charge is 2.17. The second-order valence-corrected chi connectivity index (χ2v) is 5.19. The Morgan fingerprint density at radius 3 is 2.35 bits per heavy atom. The van der Waals surface area contributed by atoms with E-state index < -0.39 is 14.9 Å². The maximum atomic E-state index is 11.1. The molecule has 0 aromatic heterocycles. The number of hydrogen-bond donors (Lipinski definition) is 1. The molecule has 0 aliphatic rings. The van der Waals surface area contributed by atoms with E-state index in [1.807, 2.05) is 0 Å². The molecule has 0 bridgehead atoms. The molecule has 0 saturated carbocycles. The van der Waals surface area contributed by atoms with Gasteiger partial charge in [-0.15, -0.1) is 0 Å². The molecule has 8 heteroatoms. The third-order valence-corrected chi connectivity index (χ3v) is 2.67. The van der Waals surface area contributed by atoms with Gasteiger partial charge < -0.3 is 4.74 Å². The van der Waals surface area contributed by atoms with E-state index in [2.05, 4.69) is 0 Å². The Hall–Kier alpha value is -1.67. The van der Waals surface area contributed by atoms with Crippen LogP contribution in [0.4, 0.5) is 5.69 Å². The second-order valence-electron chi connectivity index (χ2n) is 3.63. The fraction of sp³-hybridized carbons (Fsp3) is 0.333. The van der Waals surface area contributed by atoms with Crippen LogP contribution < -0.4 is 9.88 Å². The van der Waals surface area contributed by atoms with E-state index in [0.717, 1.165) is 18.2 Å². The lowest BCUT2D eigenvalue weighted by Crippen LogP contribution is -2.13. The molecule has 0 heterocycles. The van der Waals surface area contributed by atoms with Crippen molar-refractivity contribution in [2.45, 2.75) is 24.8 Å². The summed E-state index contributed by atoms with van der Waals surface area (Å²) in [5, 5.41) is 15.6. The molecule has 0 amide bonds. The summed E-state index contributed by atoms with van der Waals surface area (Å²) in [4.78, 5) is 9.58. The lowest BCUT2D eigenvalue weighted by molar-refractivity contribution is -0.385. The summed E-state index contributed by atoms with van der Waals surface area (Å²) >= 11 is 0. The highest BCUT2D eigenvalue weighted by molar-refractivity contribution is 7.89. The summed E-state index contributed by atoms with van der Waals surface area (Å²) in [6.45, 7) is 3.44. The molecule has 0 atom stereocenters. The topological polar surface area (TPSA) is 113 Å². The average Bonchev–Trinajstić information content (AvgIpc) is 2.14. The number of hydrogen-bond acceptors (Lipinski definition) is 5. The van der Waals surface area contributed by atoms with E-state index in [0.29, 0.717) is 0 Å². The summed E-state index contributed by atoms with van der Waals surface area (Å²) in [5.74, 6) is 0.0956. The Morgan fingerprint density at radius 2 is 1.94 bits per heavy atom. The molecular formula is C9H12N2O5S. The minimum Gasteiger partial charge on any atom is -0.491 e. The second kappa shape index (κ2) is 4.68. The number of ether oxygens (including phenoxy) is 1. The lowest BCUT2D eigenvalue weighted by Gasteiger charge is -2.10. The van der Waals surface area contributed by atoms with Crippen LogP contribution in [-0.2, 0) is 10.0 Å². The highest BCUT2D eigenvalue weighted by Crippen LogP contribution is 2.25. The van der Waals surface area contributed by atoms with Gasteiger partial charge in [-0.05, 0) is 13.8 Å². The maximum Gasteiger partial charge on any atom is 0.274 e. The number of rotatable bonds is 4. The molecular weight excluding hydrogens is 248 g/mol. The number of primary sulfonamides is 1. The normalized spacial score (nSPS) is 11.5. The van der Waals surface area contributed by atoms with E-state index in [4.69, 9.17) is 9.88 Å². The first-order valence-corrected chi connectivity index (χ1v) is 6.23. The van der Waals surface area contributed by atoms with Gasteiger partial charge in [-0.2, -0.15) is 0 Å². The smallest absolute Gasteiger partial charge is 0.274 e. The largest absolute Gasteiger partial charge is 0.491 e. The number of nitrogens with two attached hydrogens (primary N) is 1. The van der Waals surface area contributed by atoms with Crippen molar-refractivity contribution in [3.05, 3.63) is 28.3 Å². The van der Waals surface area contributed by atoms with Crippen molar-refractivity contribution in [1.82, 2.24) is 0 Å². The van der Waals surface area contributed by atoms with Gasteiger partial charge >= 0.3 is 0 Å². The average molecular weight is 260 g/mol. The van der Waals surface area contributed by atoms with Crippen LogP contribution in [0.3, 0.4) is 0 Å². The van der Waals surface area contributed by atoms with Crippen molar-refractivity contribution in [3.8, 4) is 5.75 Å². The van der Waals surface area contributed by atoms with Crippen molar-refractivity contribution in [3.63, 3.8) is 0 Å². The van der Waals surface area contributed by atoms with Crippen molar-refractivity contribution < 1.29 is 18.1 Å². The SMILES string of the molecule is CC(C)Oc1cc([N+](=O)[O-])cc(S(N)(=O)=O)c1. The molecule has 94 valence electrons. The fourth-order valence-electron chi connectivity index (χ4n) is 1.17. The number of nitrogens with zero attached hydrogens (tertiary/aromatic N) is 1. The van der Waals surface area contributed by atoms with Gasteiger partial charge in [-0.3, -0.25) is 10.1 Å². The first kappa shape index (κ1) is 13.4. The standard InChI is InChI=1S/C9H12N2O5S/c1-6(2)16-8-3-7(11(12)13)4-9(5-8)17(10,14)15/h3-6H,1-2H3,(H2,10,14,15). The fourth-order valence-corrected chi connectivity index (χ4v) is 1.73. The van der Waals surface area contributed by atoms with Crippen molar-refractivity contribution in [1.29, 1.82) is 0 Å². The van der Waals surface area contributed by atoms with Crippen LogP contribution in [0.15, 0.2) is 23.1 Å². The molecule has 0 unspecified atom stereocenters. The van der Waals surface area contributed by atoms with Gasteiger partial charge in [0, 0.05) is 12.1 Å². The molecule has 1 rings (SSSR count). The summed E-state index contributed by atoms with van der Waals surface area (Å²) in [5.41, 5.74) is -0.382. The van der Waals surface area contributed by atoms with E-state index in [1.165, 1.54) is 0 Å². The van der Waals surface area contributed by atoms with Crippen LogP contribution in [0.2, 0.25) is 0 Å². The van der Waals surface area contributed by atoms with E-state index >= 15 is 0 Å². The molecule has 7 nitrogen and oxygen atoms in total. The Bertz CT molecular complexity index is 538. The van der Waals surface area contributed by atoms with E-state index in [-0.39, 0.29) is 22.4 Å². The summed E-state index contributed by atoms with van der Waals surface area (Å²) in [6, 6.07) is 3.19. The van der Waals surface area contributed by atoms with Gasteiger partial charge in [-0.1, -0.05) is 0 Å². The third-order valence-electron chi connectivity index (χ3n) is 1.78. The van der Waals surface area contributed by atoms with Crippen LogP contribution in [0.1, 0.15) is 13.8 Å². The molecule has 2 N–H and O–H groups in total. The number of nitro benzene ring substituents is 1. The lowest BCUT2D eigenvalue weighted by atomic mass is 10.3. The number of nitro groups is 1. The van der Waals surface area contributed by atoms with Gasteiger partial charge in [0.05, 0.1) is 22.0 Å². The third kappa shape index (κ3) is 3.68. The molecule has 0 saturated heterocycles. The van der Waals surface area contributed by atoms with Gasteiger partial charge in [0.1, 0.15) is 5.75 Å². The predicted molar refractivity (Wildman–Crippen MR) is 60.2 cm³/mol. The minimum atomic E-state index is -4.00. The van der Waals surface area contributed by atoms with Gasteiger partial charge in [-0.25, -0.2) is 13.6 Å². The first-order valence-electron chi connectivity index (χ1n) is 4.69. The van der Waals surface area contributed by atoms with Gasteiger partial charge in [0.15, 0.2) is 0 Å². The molecule has 1 aromatic rings. The van der Waals surface area contributed by atoms with Gasteiger partial charge in [0.25, 0.3) is 5.69 Å². The molecule has 0 radical (unpaired) electrons. The van der Waals surface area contributed by atoms with Crippen molar-refractivity contribution in [2.75, 3.05) is 0 Å². The van der Waals surface area contributed by atoms with Crippen LogP contribution in [0, 0.1) is 10.1 Å². The molecule has 0 aliphatic heterocycles. The zero-order valence-corrected chi connectivity index (χ0v) is 10.1. The first-order chi connectivity index (χ1) is 7.70. The monoisotopic (exact) mass is 260 g/mol. The minimum absolute atomic E-state index is 0.0956. The maximum absolute atomic E-state index is 11.1. The number of non-ortho nitro benzene ring substituents is 1. The Balaban J connectivity index is 3.34. The summed E-state index contributed by atoms with van der Waals surface area (Å²) < 4.78 is 27.5. The van der Waals surface area contributed by atoms with Crippen LogP contribution in [0.5, 0.6) is 5.75 Å². The summed E-state index contributed by atoms with van der Waals surface area (Å²) in [6.07, 6.45) is -0.231. The molecule has 0 aliphatic carbocycles. The molecule has 17 heavy (non-hydrogen) atoms. The zero-order chi connectivity index (χ0) is 13.2. The van der Waals surface area contributed by atoms with Crippen molar-refractivity contribution >= 4 is 15.7 Å². The Labute approximate surface area is 98.4 Å². The molecule has 0 fully saturated rings.